The van der Waals surface area contributed by atoms with Crippen molar-refractivity contribution in [2.24, 2.45) is 5.92 Å². The molecular formula is C19H22BrNO4. The number of nitrogens with zero attached hydrogens (tertiary/aromatic N) is 1. The first kappa shape index (κ1) is 18.1. The fraction of sp³-hybridized carbons (Fsp3) is 0.474. The van der Waals surface area contributed by atoms with Gasteiger partial charge in [-0.15, -0.1) is 0 Å². The SMILES string of the molecule is CC(=O)O[C@@H]1CO[C@@H]2C[C@H]1C(C(C)=O)=C(C)N2c1ccc(C)cc1Br. The van der Waals surface area contributed by atoms with Crippen LogP contribution in [0.5, 0.6) is 0 Å². The molecule has 0 aliphatic carbocycles. The van der Waals surface area contributed by atoms with Crippen molar-refractivity contribution in [3.63, 3.8) is 0 Å². The summed E-state index contributed by atoms with van der Waals surface area (Å²) in [7, 11) is 0. The van der Waals surface area contributed by atoms with E-state index < -0.39 is 6.10 Å². The van der Waals surface area contributed by atoms with Gasteiger partial charge in [0.25, 0.3) is 0 Å². The molecule has 0 unspecified atom stereocenters. The molecule has 0 N–H and O–H groups in total. The summed E-state index contributed by atoms with van der Waals surface area (Å²) in [6.45, 7) is 7.21. The van der Waals surface area contributed by atoms with Crippen LogP contribution in [0.4, 0.5) is 5.69 Å². The van der Waals surface area contributed by atoms with Gasteiger partial charge >= 0.3 is 5.97 Å². The molecule has 1 saturated heterocycles. The minimum absolute atomic E-state index is 0.00763. The molecule has 0 aromatic heterocycles. The highest BCUT2D eigenvalue weighted by Crippen LogP contribution is 2.43. The highest BCUT2D eigenvalue weighted by molar-refractivity contribution is 9.10. The van der Waals surface area contributed by atoms with Gasteiger partial charge in [0.2, 0.25) is 0 Å². The molecule has 2 heterocycles. The highest BCUT2D eigenvalue weighted by atomic mass is 79.9. The lowest BCUT2D eigenvalue weighted by Gasteiger charge is -2.47. The van der Waals surface area contributed by atoms with E-state index in [-0.39, 0.29) is 23.9 Å². The maximum atomic E-state index is 12.4. The van der Waals surface area contributed by atoms with Crippen LogP contribution in [0.15, 0.2) is 33.9 Å². The summed E-state index contributed by atoms with van der Waals surface area (Å²) < 4.78 is 12.4. The molecule has 25 heavy (non-hydrogen) atoms. The van der Waals surface area contributed by atoms with Crippen molar-refractivity contribution in [2.75, 3.05) is 11.5 Å². The number of anilines is 1. The summed E-state index contributed by atoms with van der Waals surface area (Å²) in [5.74, 6) is -0.467. The number of hydrogen-bond donors (Lipinski definition) is 0. The van der Waals surface area contributed by atoms with Crippen LogP contribution in [0.1, 0.15) is 32.8 Å². The molecule has 1 fully saturated rings. The average Bonchev–Trinajstić information content (AvgIpc) is 2.51. The standard InChI is InChI=1S/C19H22BrNO4/c1-10-5-6-16(15(20)7-10)21-11(2)19(12(3)22)14-8-18(21)24-9-17(14)25-13(4)23/h5-7,14,17-18H,8-9H2,1-4H3/t14-,17-,18-/m1/s1. The number of ketones is 1. The van der Waals surface area contributed by atoms with Gasteiger partial charge in [0.1, 0.15) is 12.3 Å². The molecule has 134 valence electrons. The van der Waals surface area contributed by atoms with Crippen LogP contribution in [0.3, 0.4) is 0 Å². The average molecular weight is 408 g/mol. The van der Waals surface area contributed by atoms with Gasteiger partial charge in [-0.1, -0.05) is 6.07 Å². The van der Waals surface area contributed by atoms with Crippen molar-refractivity contribution in [1.29, 1.82) is 0 Å². The van der Waals surface area contributed by atoms with Gasteiger partial charge in [-0.2, -0.15) is 0 Å². The largest absolute Gasteiger partial charge is 0.459 e. The first-order chi connectivity index (χ1) is 11.8. The van der Waals surface area contributed by atoms with Gasteiger partial charge in [0.05, 0.1) is 12.3 Å². The summed E-state index contributed by atoms with van der Waals surface area (Å²) >= 11 is 3.63. The third kappa shape index (κ3) is 3.37. The Balaban J connectivity index is 2.07. The van der Waals surface area contributed by atoms with Gasteiger partial charge in [-0.05, 0) is 54.4 Å². The van der Waals surface area contributed by atoms with Crippen molar-refractivity contribution in [2.45, 2.75) is 46.4 Å². The van der Waals surface area contributed by atoms with E-state index in [1.165, 1.54) is 6.92 Å². The predicted octanol–water partition coefficient (Wildman–Crippen LogP) is 3.73. The molecule has 2 bridgehead atoms. The van der Waals surface area contributed by atoms with Gasteiger partial charge in [-0.25, -0.2) is 0 Å². The number of ether oxygens (including phenoxy) is 2. The molecule has 2 aliphatic heterocycles. The van der Waals surface area contributed by atoms with E-state index in [4.69, 9.17) is 9.47 Å². The van der Waals surface area contributed by atoms with Crippen LogP contribution in [-0.2, 0) is 19.1 Å². The normalized spacial score (nSPS) is 25.8. The van der Waals surface area contributed by atoms with Gasteiger partial charge in [0, 0.05) is 35.0 Å². The van der Waals surface area contributed by atoms with E-state index in [9.17, 15) is 9.59 Å². The van der Waals surface area contributed by atoms with Crippen LogP contribution in [0.2, 0.25) is 0 Å². The number of fused-ring (bicyclic) bond motifs is 2. The van der Waals surface area contributed by atoms with Crippen molar-refractivity contribution >= 4 is 33.4 Å². The Kier molecular flexibility index (Phi) is 5.02. The second-order valence-corrected chi connectivity index (χ2v) is 7.51. The molecule has 0 saturated carbocycles. The maximum absolute atomic E-state index is 12.4. The zero-order valence-corrected chi connectivity index (χ0v) is 16.4. The van der Waals surface area contributed by atoms with Crippen LogP contribution in [-0.4, -0.2) is 30.7 Å². The van der Waals surface area contributed by atoms with E-state index in [0.717, 1.165) is 27.0 Å². The van der Waals surface area contributed by atoms with E-state index in [2.05, 4.69) is 20.8 Å². The summed E-state index contributed by atoms with van der Waals surface area (Å²) in [6, 6.07) is 6.12. The number of esters is 1. The second kappa shape index (κ2) is 6.92. The number of aryl methyl sites for hydroxylation is 1. The fourth-order valence-electron chi connectivity index (χ4n) is 3.85. The Hall–Kier alpha value is -1.66. The third-order valence-electron chi connectivity index (χ3n) is 4.83. The van der Waals surface area contributed by atoms with E-state index >= 15 is 0 Å². The molecule has 5 nitrogen and oxygen atoms in total. The number of benzene rings is 1. The minimum Gasteiger partial charge on any atom is -0.459 e. The topological polar surface area (TPSA) is 55.8 Å². The van der Waals surface area contributed by atoms with Gasteiger partial charge in [0.15, 0.2) is 5.78 Å². The maximum Gasteiger partial charge on any atom is 0.303 e. The van der Waals surface area contributed by atoms with E-state index in [1.54, 1.807) is 6.92 Å². The minimum atomic E-state index is -0.411. The number of rotatable bonds is 3. The molecule has 0 radical (unpaired) electrons. The molecule has 0 amide bonds. The lowest BCUT2D eigenvalue weighted by Crippen LogP contribution is -2.53. The zero-order valence-electron chi connectivity index (χ0n) is 14.8. The lowest BCUT2D eigenvalue weighted by molar-refractivity contribution is -0.162. The summed E-state index contributed by atoms with van der Waals surface area (Å²) in [6.07, 6.45) is 0.0231. The number of carbonyl (C=O) groups is 2. The van der Waals surface area contributed by atoms with E-state index in [0.29, 0.717) is 13.0 Å². The number of hydrogen-bond acceptors (Lipinski definition) is 5. The van der Waals surface area contributed by atoms with Crippen LogP contribution < -0.4 is 4.90 Å². The highest BCUT2D eigenvalue weighted by Gasteiger charge is 2.45. The Morgan fingerprint density at radius 3 is 2.60 bits per heavy atom. The Morgan fingerprint density at radius 2 is 2.00 bits per heavy atom. The first-order valence-electron chi connectivity index (χ1n) is 8.35. The predicted molar refractivity (Wildman–Crippen MR) is 98.1 cm³/mol. The van der Waals surface area contributed by atoms with Crippen LogP contribution in [0.25, 0.3) is 0 Å². The molecule has 3 atom stereocenters. The van der Waals surface area contributed by atoms with Crippen molar-refractivity contribution in [3.8, 4) is 0 Å². The second-order valence-electron chi connectivity index (χ2n) is 6.66. The number of allylic oxidation sites excluding steroid dienone is 1. The Morgan fingerprint density at radius 1 is 1.28 bits per heavy atom. The fourth-order valence-corrected chi connectivity index (χ4v) is 4.53. The smallest absolute Gasteiger partial charge is 0.303 e. The number of halogens is 1. The molecule has 1 aromatic carbocycles. The number of carbonyl (C=O) groups excluding carboxylic acids is 2. The molecule has 1 aromatic rings. The molecule has 6 heteroatoms. The van der Waals surface area contributed by atoms with Crippen molar-refractivity contribution < 1.29 is 19.1 Å². The Labute approximate surface area is 156 Å². The summed E-state index contributed by atoms with van der Waals surface area (Å²) in [4.78, 5) is 25.8. The quantitative estimate of drug-likeness (QED) is 0.714. The van der Waals surface area contributed by atoms with Crippen LogP contribution in [0, 0.1) is 12.8 Å². The zero-order chi connectivity index (χ0) is 18.3. The van der Waals surface area contributed by atoms with Crippen molar-refractivity contribution in [3.05, 3.63) is 39.5 Å². The van der Waals surface area contributed by atoms with Gasteiger partial charge in [-0.3, -0.25) is 9.59 Å². The summed E-state index contributed by atoms with van der Waals surface area (Å²) in [5, 5.41) is 0. The van der Waals surface area contributed by atoms with Crippen LogP contribution >= 0.6 is 15.9 Å². The molecule has 3 rings (SSSR count). The molecular weight excluding hydrogens is 386 g/mol. The monoisotopic (exact) mass is 407 g/mol. The first-order valence-corrected chi connectivity index (χ1v) is 9.14. The van der Waals surface area contributed by atoms with Gasteiger partial charge < -0.3 is 14.4 Å². The molecule has 0 spiro atoms. The third-order valence-corrected chi connectivity index (χ3v) is 5.46. The molecule has 2 aliphatic rings. The summed E-state index contributed by atoms with van der Waals surface area (Å²) in [5.41, 5.74) is 3.70. The van der Waals surface area contributed by atoms with E-state index in [1.807, 2.05) is 32.0 Å². The number of Topliss-reactive ketones (excluding diaryl/α,β-unsaturated/α-hetero) is 1. The van der Waals surface area contributed by atoms with Crippen molar-refractivity contribution in [1.82, 2.24) is 0 Å². The Bertz CT molecular complexity index is 758. The lowest BCUT2D eigenvalue weighted by atomic mass is 9.81.